The van der Waals surface area contributed by atoms with E-state index >= 15 is 0 Å². The van der Waals surface area contributed by atoms with Crippen molar-refractivity contribution in [1.29, 1.82) is 0 Å². The van der Waals surface area contributed by atoms with Crippen LogP contribution in [-0.4, -0.2) is 10.9 Å². The number of nitrogens with one attached hydrogen (secondary N) is 1. The van der Waals surface area contributed by atoms with E-state index in [-0.39, 0.29) is 5.91 Å². The van der Waals surface area contributed by atoms with E-state index in [0.29, 0.717) is 17.1 Å². The largest absolute Gasteiger partial charge is 0.347 e. The van der Waals surface area contributed by atoms with E-state index in [9.17, 15) is 4.79 Å². The first-order valence-corrected chi connectivity index (χ1v) is 6.91. The molecule has 18 heavy (non-hydrogen) atoms. The van der Waals surface area contributed by atoms with Gasteiger partial charge in [-0.05, 0) is 29.5 Å². The van der Waals surface area contributed by atoms with E-state index in [0.717, 1.165) is 6.42 Å². The second kappa shape index (κ2) is 5.98. The lowest BCUT2D eigenvalue weighted by molar-refractivity contribution is 0.0951. The summed E-state index contributed by atoms with van der Waals surface area (Å²) < 4.78 is 0. The monoisotopic (exact) mass is 280 g/mol. The molecule has 2 heterocycles. The van der Waals surface area contributed by atoms with Crippen LogP contribution in [0, 0.1) is 0 Å². The van der Waals surface area contributed by atoms with Gasteiger partial charge in [0, 0.05) is 17.3 Å². The molecule has 0 spiro atoms. The minimum atomic E-state index is -0.191. The van der Waals surface area contributed by atoms with Crippen molar-refractivity contribution in [2.24, 2.45) is 0 Å². The number of halogens is 1. The fraction of sp³-hybridized carbons (Fsp3) is 0.231. The summed E-state index contributed by atoms with van der Waals surface area (Å²) in [6.45, 7) is 2.64. The molecule has 0 aliphatic heterocycles. The third kappa shape index (κ3) is 2.89. The van der Waals surface area contributed by atoms with Crippen LogP contribution in [0.4, 0.5) is 0 Å². The highest BCUT2D eigenvalue weighted by Gasteiger charge is 2.11. The molecule has 1 amide bonds. The lowest BCUT2D eigenvalue weighted by Crippen LogP contribution is -2.23. The molecular formula is C13H13ClN2OS. The minimum absolute atomic E-state index is 0.191. The van der Waals surface area contributed by atoms with Gasteiger partial charge in [0.2, 0.25) is 0 Å². The average molecular weight is 281 g/mol. The Kier molecular flexibility index (Phi) is 4.33. The zero-order valence-corrected chi connectivity index (χ0v) is 11.5. The number of aryl methyl sites for hydroxylation is 1. The zero-order chi connectivity index (χ0) is 13.0. The minimum Gasteiger partial charge on any atom is -0.347 e. The van der Waals surface area contributed by atoms with Gasteiger partial charge in [0.05, 0.1) is 17.1 Å². The fourth-order valence-electron chi connectivity index (χ4n) is 1.64. The predicted octanol–water partition coefficient (Wildman–Crippen LogP) is 3.29. The Hall–Kier alpha value is -1.39. The number of aromatic nitrogens is 1. The number of carbonyl (C=O) groups excluding carboxylic acids is 1. The molecule has 0 aromatic carbocycles. The van der Waals surface area contributed by atoms with Crippen molar-refractivity contribution in [1.82, 2.24) is 10.3 Å². The van der Waals surface area contributed by atoms with Gasteiger partial charge in [-0.3, -0.25) is 9.78 Å². The normalized spacial score (nSPS) is 10.3. The Morgan fingerprint density at radius 2 is 2.33 bits per heavy atom. The molecule has 1 N–H and O–H groups in total. The van der Waals surface area contributed by atoms with Crippen LogP contribution in [0.15, 0.2) is 29.9 Å². The van der Waals surface area contributed by atoms with Crippen molar-refractivity contribution in [3.05, 3.63) is 50.9 Å². The van der Waals surface area contributed by atoms with E-state index in [1.807, 2.05) is 5.38 Å². The van der Waals surface area contributed by atoms with Gasteiger partial charge >= 0.3 is 0 Å². The Bertz CT molecular complexity index is 553. The standard InChI is InChI=1S/C13H13ClN2OS/c1-2-9-4-6-18-12(9)8-16-13(17)10-7-15-5-3-11(10)14/h3-7H,2,8H2,1H3,(H,16,17). The molecule has 0 unspecified atom stereocenters. The van der Waals surface area contributed by atoms with E-state index in [1.54, 1.807) is 23.6 Å². The van der Waals surface area contributed by atoms with Crippen LogP contribution < -0.4 is 5.32 Å². The van der Waals surface area contributed by atoms with Gasteiger partial charge in [0.25, 0.3) is 5.91 Å². The summed E-state index contributed by atoms with van der Waals surface area (Å²) in [4.78, 5) is 17.0. The number of amides is 1. The molecule has 0 saturated heterocycles. The van der Waals surface area contributed by atoms with Gasteiger partial charge in [-0.15, -0.1) is 11.3 Å². The second-order valence-electron chi connectivity index (χ2n) is 3.76. The van der Waals surface area contributed by atoms with Gasteiger partial charge in [0.15, 0.2) is 0 Å². The van der Waals surface area contributed by atoms with Crippen molar-refractivity contribution in [2.75, 3.05) is 0 Å². The molecule has 94 valence electrons. The predicted molar refractivity (Wildman–Crippen MR) is 74.1 cm³/mol. The smallest absolute Gasteiger partial charge is 0.254 e. The lowest BCUT2D eigenvalue weighted by atomic mass is 10.2. The van der Waals surface area contributed by atoms with Crippen molar-refractivity contribution in [2.45, 2.75) is 19.9 Å². The topological polar surface area (TPSA) is 42.0 Å². The Balaban J connectivity index is 2.03. The summed E-state index contributed by atoms with van der Waals surface area (Å²) in [5.74, 6) is -0.191. The summed E-state index contributed by atoms with van der Waals surface area (Å²) in [7, 11) is 0. The molecule has 0 saturated carbocycles. The first kappa shape index (κ1) is 13.1. The summed E-state index contributed by atoms with van der Waals surface area (Å²) in [5, 5.41) is 5.32. The molecule has 0 fully saturated rings. The SMILES string of the molecule is CCc1ccsc1CNC(=O)c1cnccc1Cl. The third-order valence-corrected chi connectivity index (χ3v) is 3.93. The van der Waals surface area contributed by atoms with Crippen molar-refractivity contribution in [3.8, 4) is 0 Å². The number of rotatable bonds is 4. The Morgan fingerprint density at radius 1 is 1.50 bits per heavy atom. The van der Waals surface area contributed by atoms with E-state index in [1.165, 1.54) is 16.6 Å². The summed E-state index contributed by atoms with van der Waals surface area (Å²) in [6.07, 6.45) is 4.02. The van der Waals surface area contributed by atoms with Crippen LogP contribution in [0.25, 0.3) is 0 Å². The van der Waals surface area contributed by atoms with E-state index < -0.39 is 0 Å². The van der Waals surface area contributed by atoms with Gasteiger partial charge in [-0.25, -0.2) is 0 Å². The highest BCUT2D eigenvalue weighted by molar-refractivity contribution is 7.10. The van der Waals surface area contributed by atoms with Gasteiger partial charge in [-0.2, -0.15) is 0 Å². The molecule has 2 aromatic rings. The van der Waals surface area contributed by atoms with Crippen LogP contribution >= 0.6 is 22.9 Å². The number of thiophene rings is 1. The quantitative estimate of drug-likeness (QED) is 0.934. The maximum absolute atomic E-state index is 11.9. The van der Waals surface area contributed by atoms with Crippen molar-refractivity contribution in [3.63, 3.8) is 0 Å². The van der Waals surface area contributed by atoms with Gasteiger partial charge < -0.3 is 5.32 Å². The van der Waals surface area contributed by atoms with Crippen LogP contribution in [-0.2, 0) is 13.0 Å². The Morgan fingerprint density at radius 3 is 3.06 bits per heavy atom. The molecule has 0 atom stereocenters. The Labute approximate surface area is 115 Å². The lowest BCUT2D eigenvalue weighted by Gasteiger charge is -2.06. The molecular weight excluding hydrogens is 268 g/mol. The fourth-order valence-corrected chi connectivity index (χ4v) is 2.74. The highest BCUT2D eigenvalue weighted by Crippen LogP contribution is 2.18. The van der Waals surface area contributed by atoms with Gasteiger partial charge in [-0.1, -0.05) is 18.5 Å². The average Bonchev–Trinajstić information content (AvgIpc) is 2.84. The molecule has 0 aliphatic rings. The molecule has 3 nitrogen and oxygen atoms in total. The van der Waals surface area contributed by atoms with Crippen LogP contribution in [0.2, 0.25) is 5.02 Å². The number of carbonyl (C=O) groups is 1. The van der Waals surface area contributed by atoms with Crippen molar-refractivity contribution < 1.29 is 4.79 Å². The van der Waals surface area contributed by atoms with E-state index in [2.05, 4.69) is 23.3 Å². The third-order valence-electron chi connectivity index (χ3n) is 2.64. The van der Waals surface area contributed by atoms with Crippen molar-refractivity contribution >= 4 is 28.8 Å². The summed E-state index contributed by atoms with van der Waals surface area (Å²) in [5.41, 5.74) is 1.69. The number of hydrogen-bond acceptors (Lipinski definition) is 3. The van der Waals surface area contributed by atoms with E-state index in [4.69, 9.17) is 11.6 Å². The molecule has 5 heteroatoms. The van der Waals surface area contributed by atoms with Crippen LogP contribution in [0.1, 0.15) is 27.7 Å². The summed E-state index contributed by atoms with van der Waals surface area (Å²) in [6, 6.07) is 3.70. The second-order valence-corrected chi connectivity index (χ2v) is 5.17. The molecule has 0 bridgehead atoms. The molecule has 0 radical (unpaired) electrons. The maximum Gasteiger partial charge on any atom is 0.254 e. The zero-order valence-electron chi connectivity index (χ0n) is 9.94. The molecule has 0 aliphatic carbocycles. The van der Waals surface area contributed by atoms with Crippen LogP contribution in [0.3, 0.4) is 0 Å². The number of pyridine rings is 1. The molecule has 2 rings (SSSR count). The van der Waals surface area contributed by atoms with Crippen LogP contribution in [0.5, 0.6) is 0 Å². The number of hydrogen-bond donors (Lipinski definition) is 1. The maximum atomic E-state index is 11.9. The number of nitrogens with zero attached hydrogens (tertiary/aromatic N) is 1. The van der Waals surface area contributed by atoms with Gasteiger partial charge in [0.1, 0.15) is 0 Å². The highest BCUT2D eigenvalue weighted by atomic mass is 35.5. The first-order valence-electron chi connectivity index (χ1n) is 5.65. The summed E-state index contributed by atoms with van der Waals surface area (Å²) >= 11 is 7.59. The first-order chi connectivity index (χ1) is 8.72. The molecule has 2 aromatic heterocycles.